The molecule has 0 saturated heterocycles. The number of para-hydroxylation sites is 1. The van der Waals surface area contributed by atoms with E-state index in [2.05, 4.69) is 20.9 Å². The van der Waals surface area contributed by atoms with Gasteiger partial charge in [-0.15, -0.1) is 0 Å². The Morgan fingerprint density at radius 3 is 2.93 bits per heavy atom. The molecule has 2 nitrogen and oxygen atoms in total. The smallest absolute Gasteiger partial charge is 0.0847 e. The van der Waals surface area contributed by atoms with Gasteiger partial charge >= 0.3 is 0 Å². The molecule has 0 aliphatic rings. The molecule has 2 rings (SSSR count). The van der Waals surface area contributed by atoms with E-state index in [0.29, 0.717) is 0 Å². The third-order valence-electron chi connectivity index (χ3n) is 2.26. The lowest BCUT2D eigenvalue weighted by molar-refractivity contribution is 0.280. The van der Waals surface area contributed by atoms with Crippen LogP contribution in [0.3, 0.4) is 0 Å². The van der Waals surface area contributed by atoms with Crippen molar-refractivity contribution in [3.63, 3.8) is 0 Å². The summed E-state index contributed by atoms with van der Waals surface area (Å²) in [6, 6.07) is 7.89. The van der Waals surface area contributed by atoms with Crippen LogP contribution in [0.2, 0.25) is 0 Å². The molecule has 0 unspecified atom stereocenters. The van der Waals surface area contributed by atoms with Crippen LogP contribution in [-0.2, 0) is 6.61 Å². The van der Waals surface area contributed by atoms with E-state index in [9.17, 15) is 0 Å². The molecule has 3 heteroatoms. The molecule has 1 N–H and O–H groups in total. The summed E-state index contributed by atoms with van der Waals surface area (Å²) in [6.07, 6.45) is 0. The van der Waals surface area contributed by atoms with Gasteiger partial charge in [-0.05, 0) is 40.5 Å². The summed E-state index contributed by atoms with van der Waals surface area (Å²) >= 11 is 3.45. The first-order valence-electron chi connectivity index (χ1n) is 4.38. The number of rotatable bonds is 1. The Kier molecular flexibility index (Phi) is 2.52. The average Bonchev–Trinajstić information content (AvgIpc) is 2.19. The summed E-state index contributed by atoms with van der Waals surface area (Å²) in [5, 5.41) is 10.1. The molecule has 72 valence electrons. The quantitative estimate of drug-likeness (QED) is 0.846. The van der Waals surface area contributed by atoms with Gasteiger partial charge in [0.2, 0.25) is 0 Å². The van der Waals surface area contributed by atoms with Crippen molar-refractivity contribution < 1.29 is 5.11 Å². The van der Waals surface area contributed by atoms with Crippen molar-refractivity contribution >= 4 is 26.8 Å². The van der Waals surface area contributed by atoms with Crippen molar-refractivity contribution in [2.24, 2.45) is 0 Å². The summed E-state index contributed by atoms with van der Waals surface area (Å²) in [7, 11) is 0. The van der Waals surface area contributed by atoms with E-state index >= 15 is 0 Å². The standard InChI is InChI=1S/C11H10BrNO/c1-7-9(6-14)5-8-3-2-4-10(12)11(8)13-7/h2-5,14H,6H2,1H3. The summed E-state index contributed by atoms with van der Waals surface area (Å²) in [5.74, 6) is 0. The highest BCUT2D eigenvalue weighted by atomic mass is 79.9. The number of pyridine rings is 1. The molecular formula is C11H10BrNO. The van der Waals surface area contributed by atoms with Crippen LogP contribution in [0.5, 0.6) is 0 Å². The number of aromatic nitrogens is 1. The normalized spacial score (nSPS) is 10.8. The zero-order valence-corrected chi connectivity index (χ0v) is 9.37. The fraction of sp³-hybridized carbons (Fsp3) is 0.182. The Bertz CT molecular complexity index is 482. The van der Waals surface area contributed by atoms with E-state index in [4.69, 9.17) is 5.11 Å². The number of benzene rings is 1. The van der Waals surface area contributed by atoms with Crippen molar-refractivity contribution in [1.82, 2.24) is 4.98 Å². The van der Waals surface area contributed by atoms with E-state index in [1.54, 1.807) is 0 Å². The summed E-state index contributed by atoms with van der Waals surface area (Å²) in [5.41, 5.74) is 2.71. The number of hydrogen-bond acceptors (Lipinski definition) is 2. The van der Waals surface area contributed by atoms with Crippen LogP contribution in [0.15, 0.2) is 28.7 Å². The van der Waals surface area contributed by atoms with Gasteiger partial charge in [-0.3, -0.25) is 4.98 Å². The van der Waals surface area contributed by atoms with Crippen molar-refractivity contribution in [1.29, 1.82) is 0 Å². The first-order valence-corrected chi connectivity index (χ1v) is 5.17. The van der Waals surface area contributed by atoms with Crippen molar-refractivity contribution in [2.45, 2.75) is 13.5 Å². The molecule has 14 heavy (non-hydrogen) atoms. The number of fused-ring (bicyclic) bond motifs is 1. The van der Waals surface area contributed by atoms with E-state index in [1.807, 2.05) is 31.2 Å². The van der Waals surface area contributed by atoms with E-state index < -0.39 is 0 Å². The van der Waals surface area contributed by atoms with Gasteiger partial charge in [0.05, 0.1) is 12.1 Å². The topological polar surface area (TPSA) is 33.1 Å². The number of halogens is 1. The molecule has 0 atom stereocenters. The Morgan fingerprint density at radius 2 is 2.21 bits per heavy atom. The molecule has 1 heterocycles. The van der Waals surface area contributed by atoms with Crippen LogP contribution in [0.4, 0.5) is 0 Å². The monoisotopic (exact) mass is 251 g/mol. The lowest BCUT2D eigenvalue weighted by Crippen LogP contribution is -1.93. The summed E-state index contributed by atoms with van der Waals surface area (Å²) < 4.78 is 0.989. The van der Waals surface area contributed by atoms with E-state index in [1.165, 1.54) is 0 Å². The number of hydrogen-bond donors (Lipinski definition) is 1. The average molecular weight is 252 g/mol. The minimum atomic E-state index is 0.0429. The molecule has 0 bridgehead atoms. The Morgan fingerprint density at radius 1 is 1.43 bits per heavy atom. The maximum absolute atomic E-state index is 9.10. The Hall–Kier alpha value is -0.930. The number of aliphatic hydroxyl groups is 1. The molecule has 1 aromatic heterocycles. The van der Waals surface area contributed by atoms with Crippen molar-refractivity contribution in [3.8, 4) is 0 Å². The third kappa shape index (κ3) is 1.53. The lowest BCUT2D eigenvalue weighted by Gasteiger charge is -2.05. The van der Waals surface area contributed by atoms with Crippen LogP contribution in [0.25, 0.3) is 10.9 Å². The van der Waals surface area contributed by atoms with Gasteiger partial charge in [-0.1, -0.05) is 12.1 Å². The van der Waals surface area contributed by atoms with E-state index in [-0.39, 0.29) is 6.61 Å². The highest BCUT2D eigenvalue weighted by Gasteiger charge is 2.04. The van der Waals surface area contributed by atoms with Crippen molar-refractivity contribution in [2.75, 3.05) is 0 Å². The third-order valence-corrected chi connectivity index (χ3v) is 2.90. The molecule has 2 aromatic rings. The SMILES string of the molecule is Cc1nc2c(Br)cccc2cc1CO. The second-order valence-corrected chi connectivity index (χ2v) is 4.06. The van der Waals surface area contributed by atoms with Gasteiger partial charge < -0.3 is 5.11 Å². The number of aryl methyl sites for hydroxylation is 1. The minimum absolute atomic E-state index is 0.0429. The highest BCUT2D eigenvalue weighted by Crippen LogP contribution is 2.23. The fourth-order valence-corrected chi connectivity index (χ4v) is 1.93. The van der Waals surface area contributed by atoms with Crippen LogP contribution < -0.4 is 0 Å². The van der Waals surface area contributed by atoms with Crippen LogP contribution in [-0.4, -0.2) is 10.1 Å². The largest absolute Gasteiger partial charge is 0.392 e. The lowest BCUT2D eigenvalue weighted by atomic mass is 10.1. The first-order chi connectivity index (χ1) is 6.72. The van der Waals surface area contributed by atoms with Gasteiger partial charge in [0.25, 0.3) is 0 Å². The molecular weight excluding hydrogens is 242 g/mol. The summed E-state index contributed by atoms with van der Waals surface area (Å²) in [4.78, 5) is 4.44. The Balaban J connectivity index is 2.79. The fourth-order valence-electron chi connectivity index (χ4n) is 1.46. The molecule has 0 aliphatic heterocycles. The maximum atomic E-state index is 9.10. The molecule has 0 radical (unpaired) electrons. The zero-order chi connectivity index (χ0) is 10.1. The minimum Gasteiger partial charge on any atom is -0.392 e. The van der Waals surface area contributed by atoms with Gasteiger partial charge in [-0.25, -0.2) is 0 Å². The predicted molar refractivity (Wildman–Crippen MR) is 60.1 cm³/mol. The second kappa shape index (κ2) is 3.67. The van der Waals surface area contributed by atoms with Crippen LogP contribution in [0, 0.1) is 6.92 Å². The second-order valence-electron chi connectivity index (χ2n) is 3.20. The zero-order valence-electron chi connectivity index (χ0n) is 7.79. The molecule has 1 aromatic carbocycles. The van der Waals surface area contributed by atoms with Crippen molar-refractivity contribution in [3.05, 3.63) is 40.0 Å². The molecule has 0 fully saturated rings. The molecule has 0 saturated carbocycles. The molecule has 0 aliphatic carbocycles. The van der Waals surface area contributed by atoms with Gasteiger partial charge in [0, 0.05) is 15.6 Å². The van der Waals surface area contributed by atoms with Crippen LogP contribution in [0.1, 0.15) is 11.3 Å². The first kappa shape index (κ1) is 9.62. The van der Waals surface area contributed by atoms with E-state index in [0.717, 1.165) is 26.6 Å². The molecule has 0 amide bonds. The highest BCUT2D eigenvalue weighted by molar-refractivity contribution is 9.10. The van der Waals surface area contributed by atoms with Gasteiger partial charge in [0.15, 0.2) is 0 Å². The van der Waals surface area contributed by atoms with Gasteiger partial charge in [0.1, 0.15) is 0 Å². The molecule has 0 spiro atoms. The van der Waals surface area contributed by atoms with Crippen LogP contribution >= 0.6 is 15.9 Å². The number of aliphatic hydroxyl groups excluding tert-OH is 1. The predicted octanol–water partition coefficient (Wildman–Crippen LogP) is 2.80. The number of nitrogens with zero attached hydrogens (tertiary/aromatic N) is 1. The Labute approximate surface area is 90.7 Å². The maximum Gasteiger partial charge on any atom is 0.0847 e. The summed E-state index contributed by atoms with van der Waals surface area (Å²) in [6.45, 7) is 1.95. The van der Waals surface area contributed by atoms with Gasteiger partial charge in [-0.2, -0.15) is 0 Å².